The molecule has 0 fully saturated rings. The smallest absolute Gasteiger partial charge is 0.261 e. The van der Waals surface area contributed by atoms with Crippen LogP contribution in [0.15, 0.2) is 53.4 Å². The number of benzene rings is 2. The third kappa shape index (κ3) is 4.72. The second-order valence-corrected chi connectivity index (χ2v) is 7.86. The molecule has 126 valence electrons. The highest BCUT2D eigenvalue weighted by Crippen LogP contribution is 2.23. The zero-order chi connectivity index (χ0) is 17.7. The Morgan fingerprint density at radius 1 is 1.04 bits per heavy atom. The van der Waals surface area contributed by atoms with Crippen LogP contribution in [0.1, 0.15) is 16.7 Å². The van der Waals surface area contributed by atoms with Crippen LogP contribution in [0.5, 0.6) is 0 Å². The van der Waals surface area contributed by atoms with Gasteiger partial charge in [-0.2, -0.15) is 0 Å². The Morgan fingerprint density at radius 2 is 1.67 bits per heavy atom. The van der Waals surface area contributed by atoms with Crippen LogP contribution in [-0.2, 0) is 14.8 Å². The topological polar surface area (TPSA) is 63.2 Å². The van der Waals surface area contributed by atoms with E-state index in [4.69, 9.17) is 0 Å². The molecule has 0 bridgehead atoms. The van der Waals surface area contributed by atoms with E-state index in [1.807, 2.05) is 26.0 Å². The average Bonchev–Trinajstić information content (AvgIpc) is 2.55. The minimum Gasteiger partial charge on any atom is -0.282 e. The van der Waals surface area contributed by atoms with Crippen molar-refractivity contribution in [2.45, 2.75) is 18.7 Å². The molecule has 0 aromatic heterocycles. The number of carbonyl (C=O) groups is 1. The van der Waals surface area contributed by atoms with E-state index in [9.17, 15) is 13.2 Å². The molecule has 0 aliphatic rings. The Kier molecular flexibility index (Phi) is 5.85. The van der Waals surface area contributed by atoms with Gasteiger partial charge in [-0.1, -0.05) is 41.1 Å². The first-order chi connectivity index (χ1) is 11.3. The Labute approximate surface area is 147 Å². The van der Waals surface area contributed by atoms with Crippen LogP contribution in [0, 0.1) is 13.8 Å². The molecule has 0 aliphatic heterocycles. The number of sulfonamides is 1. The lowest BCUT2D eigenvalue weighted by Crippen LogP contribution is -2.13. The largest absolute Gasteiger partial charge is 0.282 e. The molecule has 0 atom stereocenters. The maximum Gasteiger partial charge on any atom is 0.261 e. The Balaban J connectivity index is 2.36. The standard InChI is InChI=1S/C18H19NO3S2/c1-13-4-8-16(9-5-13)24(21,22)19-17-10-6-14(2)12-15(17)7-11-18(20)23-3/h4-12,19H,1-3H3/b11-7+. The second-order valence-electron chi connectivity index (χ2n) is 5.37. The van der Waals surface area contributed by atoms with Gasteiger partial charge in [-0.25, -0.2) is 8.42 Å². The van der Waals surface area contributed by atoms with Crippen LogP contribution < -0.4 is 4.72 Å². The van der Waals surface area contributed by atoms with E-state index in [0.29, 0.717) is 11.3 Å². The van der Waals surface area contributed by atoms with Crippen molar-refractivity contribution in [2.75, 3.05) is 11.0 Å². The van der Waals surface area contributed by atoms with E-state index in [-0.39, 0.29) is 10.0 Å². The van der Waals surface area contributed by atoms with Crippen LogP contribution in [0.2, 0.25) is 0 Å². The van der Waals surface area contributed by atoms with Gasteiger partial charge in [0.2, 0.25) is 5.12 Å². The summed E-state index contributed by atoms with van der Waals surface area (Å²) in [6, 6.07) is 12.0. The van der Waals surface area contributed by atoms with E-state index in [0.717, 1.165) is 22.9 Å². The summed E-state index contributed by atoms with van der Waals surface area (Å²) in [7, 11) is -3.68. The maximum atomic E-state index is 12.5. The van der Waals surface area contributed by atoms with Gasteiger partial charge < -0.3 is 0 Å². The number of thioether (sulfide) groups is 1. The van der Waals surface area contributed by atoms with Gasteiger partial charge in [0.05, 0.1) is 10.6 Å². The van der Waals surface area contributed by atoms with Crippen molar-refractivity contribution in [1.82, 2.24) is 0 Å². The number of anilines is 1. The number of carbonyl (C=O) groups excluding carboxylic acids is 1. The molecule has 0 saturated heterocycles. The van der Waals surface area contributed by atoms with Gasteiger partial charge in [-0.05, 0) is 62.1 Å². The molecule has 0 heterocycles. The number of hydrogen-bond donors (Lipinski definition) is 1. The lowest BCUT2D eigenvalue weighted by Gasteiger charge is -2.12. The minimum absolute atomic E-state index is 0.0937. The van der Waals surface area contributed by atoms with Crippen molar-refractivity contribution in [2.24, 2.45) is 0 Å². The van der Waals surface area contributed by atoms with Gasteiger partial charge >= 0.3 is 0 Å². The summed E-state index contributed by atoms with van der Waals surface area (Å²) < 4.78 is 27.7. The maximum absolute atomic E-state index is 12.5. The Hall–Kier alpha value is -2.05. The van der Waals surface area contributed by atoms with E-state index in [1.165, 1.54) is 6.08 Å². The summed E-state index contributed by atoms with van der Waals surface area (Å²) >= 11 is 1.10. The molecule has 2 rings (SSSR count). The summed E-state index contributed by atoms with van der Waals surface area (Å²) in [5.41, 5.74) is 3.05. The van der Waals surface area contributed by atoms with E-state index in [1.54, 1.807) is 42.7 Å². The molecule has 0 amide bonds. The summed E-state index contributed by atoms with van der Waals surface area (Å²) in [5, 5.41) is -0.0937. The monoisotopic (exact) mass is 361 g/mol. The van der Waals surface area contributed by atoms with Crippen molar-refractivity contribution in [1.29, 1.82) is 0 Å². The van der Waals surface area contributed by atoms with Gasteiger partial charge in [-0.15, -0.1) is 0 Å². The highest BCUT2D eigenvalue weighted by Gasteiger charge is 2.15. The SMILES string of the molecule is CSC(=O)/C=C/c1cc(C)ccc1NS(=O)(=O)c1ccc(C)cc1. The first kappa shape index (κ1) is 18.3. The minimum atomic E-state index is -3.68. The van der Waals surface area contributed by atoms with Gasteiger partial charge in [0.15, 0.2) is 0 Å². The molecule has 0 unspecified atom stereocenters. The van der Waals surface area contributed by atoms with Crippen molar-refractivity contribution in [3.8, 4) is 0 Å². The van der Waals surface area contributed by atoms with Gasteiger partial charge in [0, 0.05) is 0 Å². The van der Waals surface area contributed by atoms with Crippen LogP contribution in [0.4, 0.5) is 5.69 Å². The van der Waals surface area contributed by atoms with E-state index < -0.39 is 10.0 Å². The first-order valence-corrected chi connectivity index (χ1v) is 9.99. The zero-order valence-electron chi connectivity index (χ0n) is 13.7. The molecule has 1 N–H and O–H groups in total. The van der Waals surface area contributed by atoms with Gasteiger partial charge in [0.25, 0.3) is 10.0 Å². The molecule has 2 aromatic rings. The molecule has 0 radical (unpaired) electrons. The summed E-state index contributed by atoms with van der Waals surface area (Å²) in [4.78, 5) is 11.7. The lowest BCUT2D eigenvalue weighted by molar-refractivity contribution is -0.106. The predicted molar refractivity (Wildman–Crippen MR) is 101 cm³/mol. The van der Waals surface area contributed by atoms with Gasteiger partial charge in [0.1, 0.15) is 0 Å². The zero-order valence-corrected chi connectivity index (χ0v) is 15.4. The number of hydrogen-bond acceptors (Lipinski definition) is 4. The molecular formula is C18H19NO3S2. The Morgan fingerprint density at radius 3 is 2.29 bits per heavy atom. The van der Waals surface area contributed by atoms with Gasteiger partial charge in [-0.3, -0.25) is 9.52 Å². The number of rotatable bonds is 5. The number of nitrogens with one attached hydrogen (secondary N) is 1. The third-order valence-corrected chi connectivity index (χ3v) is 5.30. The molecule has 0 saturated carbocycles. The lowest BCUT2D eigenvalue weighted by atomic mass is 10.1. The van der Waals surface area contributed by atoms with E-state index in [2.05, 4.69) is 4.72 Å². The quantitative estimate of drug-likeness (QED) is 0.818. The fraction of sp³-hybridized carbons (Fsp3) is 0.167. The summed E-state index contributed by atoms with van der Waals surface area (Å²) in [5.74, 6) is 0. The Bertz CT molecular complexity index is 870. The molecule has 2 aromatic carbocycles. The van der Waals surface area contributed by atoms with Crippen LogP contribution in [0.3, 0.4) is 0 Å². The molecule has 0 aliphatic carbocycles. The fourth-order valence-corrected chi connectivity index (χ4v) is 3.35. The predicted octanol–water partition coefficient (Wildman–Crippen LogP) is 4.01. The second kappa shape index (κ2) is 7.68. The van der Waals surface area contributed by atoms with Crippen LogP contribution in [-0.4, -0.2) is 19.8 Å². The highest BCUT2D eigenvalue weighted by molar-refractivity contribution is 8.13. The summed E-state index contributed by atoms with van der Waals surface area (Å²) in [6.45, 7) is 3.81. The first-order valence-electron chi connectivity index (χ1n) is 7.28. The molecule has 6 heteroatoms. The van der Waals surface area contributed by atoms with Crippen molar-refractivity contribution >= 4 is 38.7 Å². The van der Waals surface area contributed by atoms with Crippen molar-refractivity contribution < 1.29 is 13.2 Å². The molecular weight excluding hydrogens is 342 g/mol. The van der Waals surface area contributed by atoms with E-state index >= 15 is 0 Å². The van der Waals surface area contributed by atoms with Crippen LogP contribution in [0.25, 0.3) is 6.08 Å². The molecule has 24 heavy (non-hydrogen) atoms. The number of aryl methyl sites for hydroxylation is 2. The molecule has 0 spiro atoms. The fourth-order valence-electron chi connectivity index (χ4n) is 2.06. The van der Waals surface area contributed by atoms with Crippen molar-refractivity contribution in [3.05, 3.63) is 65.2 Å². The van der Waals surface area contributed by atoms with Crippen molar-refractivity contribution in [3.63, 3.8) is 0 Å². The van der Waals surface area contributed by atoms with Crippen LogP contribution >= 0.6 is 11.8 Å². The summed E-state index contributed by atoms with van der Waals surface area (Å²) in [6.07, 6.45) is 4.76. The highest BCUT2D eigenvalue weighted by atomic mass is 32.2. The average molecular weight is 361 g/mol. The molecule has 4 nitrogen and oxygen atoms in total. The third-order valence-electron chi connectivity index (χ3n) is 3.38. The normalized spacial score (nSPS) is 11.6.